The number of hydrogen-bond donors (Lipinski definition) is 1. The number of esters is 1. The van der Waals surface area contributed by atoms with E-state index in [1.807, 2.05) is 9.80 Å². The maximum absolute atomic E-state index is 14.8. The molecule has 0 spiro atoms. The van der Waals surface area contributed by atoms with Crippen molar-refractivity contribution in [2.24, 2.45) is 56.2 Å². The number of carboxylic acids is 1. The van der Waals surface area contributed by atoms with Crippen molar-refractivity contribution in [1.82, 2.24) is 9.80 Å². The quantitative estimate of drug-likeness (QED) is 0.293. The Balaban J connectivity index is 1.29. The van der Waals surface area contributed by atoms with Gasteiger partial charge in [-0.25, -0.2) is 0 Å². The van der Waals surface area contributed by atoms with Crippen molar-refractivity contribution in [2.75, 3.05) is 26.2 Å². The number of rotatable bonds is 6. The number of hydrogen-bond acceptors (Lipinski definition) is 6. The Morgan fingerprint density at radius 1 is 0.843 bits per heavy atom. The maximum atomic E-state index is 14.8. The van der Waals surface area contributed by atoms with Gasteiger partial charge in [0.05, 0.1) is 17.3 Å². The molecule has 9 nitrogen and oxygen atoms in total. The lowest BCUT2D eigenvalue weighted by Gasteiger charge is -2.72. The second-order valence-electron chi connectivity index (χ2n) is 19.8. The van der Waals surface area contributed by atoms with Crippen LogP contribution in [0.4, 0.5) is 0 Å². The highest BCUT2D eigenvalue weighted by atomic mass is 16.5. The van der Waals surface area contributed by atoms with Crippen molar-refractivity contribution in [2.45, 2.75) is 140 Å². The third-order valence-corrected chi connectivity index (χ3v) is 16.2. The molecule has 5 fully saturated rings. The normalized spacial score (nSPS) is 39.2. The number of Topliss-reactive ketones (excluding diaryl/α,β-unsaturated/α-hetero) is 1. The van der Waals surface area contributed by atoms with Crippen molar-refractivity contribution >= 4 is 29.5 Å². The molecule has 1 saturated heterocycles. The van der Waals surface area contributed by atoms with Gasteiger partial charge in [0.15, 0.2) is 5.78 Å². The highest BCUT2D eigenvalue weighted by Gasteiger charge is 2.71. The van der Waals surface area contributed by atoms with Crippen LogP contribution in [-0.4, -0.2) is 76.7 Å². The van der Waals surface area contributed by atoms with Crippen LogP contribution in [0.2, 0.25) is 0 Å². The van der Waals surface area contributed by atoms with E-state index in [0.717, 1.165) is 50.5 Å². The van der Waals surface area contributed by atoms with E-state index in [1.165, 1.54) is 5.57 Å². The van der Waals surface area contributed by atoms with Crippen molar-refractivity contribution in [3.05, 3.63) is 11.1 Å². The van der Waals surface area contributed by atoms with Crippen molar-refractivity contribution in [3.8, 4) is 0 Å². The summed E-state index contributed by atoms with van der Waals surface area (Å²) in [5, 5.41) is 9.60. The van der Waals surface area contributed by atoms with Crippen LogP contribution in [0.1, 0.15) is 133 Å². The van der Waals surface area contributed by atoms with Gasteiger partial charge in [0, 0.05) is 44.9 Å². The topological polar surface area (TPSA) is 121 Å². The molecule has 2 amide bonds. The van der Waals surface area contributed by atoms with Gasteiger partial charge in [-0.15, -0.1) is 0 Å². The largest absolute Gasteiger partial charge is 0.481 e. The molecule has 0 aromatic carbocycles. The molecule has 284 valence electrons. The first-order valence-electron chi connectivity index (χ1n) is 19.8. The lowest BCUT2D eigenvalue weighted by Crippen LogP contribution is -2.66. The number of allylic oxidation sites excluding steroid dienone is 1. The molecule has 6 rings (SSSR count). The van der Waals surface area contributed by atoms with Crippen LogP contribution in [0.3, 0.4) is 0 Å². The van der Waals surface area contributed by atoms with E-state index in [2.05, 4.69) is 48.5 Å². The van der Waals surface area contributed by atoms with Crippen LogP contribution in [0.25, 0.3) is 0 Å². The van der Waals surface area contributed by atoms with Gasteiger partial charge >= 0.3 is 11.9 Å². The number of ether oxygens (including phenoxy) is 1. The number of aliphatic carboxylic acids is 1. The molecular formula is C42H64N2O7. The first-order chi connectivity index (χ1) is 23.6. The number of nitrogens with zero attached hydrogens (tertiary/aromatic N) is 2. The number of carbonyl (C=O) groups is 5. The Labute approximate surface area is 305 Å². The van der Waals surface area contributed by atoms with Crippen LogP contribution < -0.4 is 0 Å². The first-order valence-corrected chi connectivity index (χ1v) is 19.8. The van der Waals surface area contributed by atoms with Crippen LogP contribution in [0.15, 0.2) is 11.1 Å². The van der Waals surface area contributed by atoms with Crippen LogP contribution in [0.5, 0.6) is 0 Å². The molecule has 1 heterocycles. The van der Waals surface area contributed by atoms with E-state index in [0.29, 0.717) is 44.4 Å². The van der Waals surface area contributed by atoms with Crippen molar-refractivity contribution in [1.29, 1.82) is 0 Å². The second-order valence-corrected chi connectivity index (χ2v) is 19.8. The van der Waals surface area contributed by atoms with Gasteiger partial charge in [0.25, 0.3) is 0 Å². The Morgan fingerprint density at radius 3 is 2.06 bits per heavy atom. The Hall–Kier alpha value is -2.71. The standard InChI is InChI=1S/C42H64N2O7/c1-25(2)33-28(46)23-42(35(48)44-21-19-43(20-22-44)26(3)45)18-17-40(9)27(34(33)42)11-12-30-39(8)15-14-31(51-32(47)24-37(4,5)36(49)50)38(6,7)29(39)13-16-41(30,40)10/h25,27,29-31H,11-24H2,1-10H3,(H,49,50)/t27-,29+,30-,31+,39+,40-,41-,42-/m1/s1. The molecule has 8 atom stereocenters. The fourth-order valence-electron chi connectivity index (χ4n) is 13.2. The molecule has 9 heteroatoms. The van der Waals surface area contributed by atoms with E-state index >= 15 is 0 Å². The van der Waals surface area contributed by atoms with Gasteiger partial charge in [-0.2, -0.15) is 0 Å². The van der Waals surface area contributed by atoms with Gasteiger partial charge in [-0.3, -0.25) is 24.0 Å². The molecule has 0 bridgehead atoms. The number of amides is 2. The molecule has 51 heavy (non-hydrogen) atoms. The van der Waals surface area contributed by atoms with Gasteiger partial charge in [-0.1, -0.05) is 48.5 Å². The summed E-state index contributed by atoms with van der Waals surface area (Å²) in [6.45, 7) is 23.1. The van der Waals surface area contributed by atoms with E-state index in [4.69, 9.17) is 4.74 Å². The lowest BCUT2D eigenvalue weighted by atomic mass is 9.33. The minimum absolute atomic E-state index is 0.00925. The monoisotopic (exact) mass is 708 g/mol. The summed E-state index contributed by atoms with van der Waals surface area (Å²) < 4.78 is 6.15. The summed E-state index contributed by atoms with van der Waals surface area (Å²) in [4.78, 5) is 69.5. The number of fused-ring (bicyclic) bond motifs is 7. The van der Waals surface area contributed by atoms with E-state index in [9.17, 15) is 29.1 Å². The Morgan fingerprint density at radius 2 is 1.47 bits per heavy atom. The first kappa shape index (κ1) is 38.0. The van der Waals surface area contributed by atoms with Gasteiger partial charge in [0.1, 0.15) is 6.10 Å². The average molecular weight is 709 g/mol. The molecular weight excluding hydrogens is 644 g/mol. The molecule has 0 radical (unpaired) electrons. The van der Waals surface area contributed by atoms with Crippen molar-refractivity contribution < 1.29 is 33.8 Å². The van der Waals surface area contributed by atoms with Crippen LogP contribution in [-0.2, 0) is 28.7 Å². The van der Waals surface area contributed by atoms with E-state index in [1.54, 1.807) is 20.8 Å². The summed E-state index contributed by atoms with van der Waals surface area (Å²) in [6.07, 6.45) is 7.28. The zero-order valence-electron chi connectivity index (χ0n) is 33.1. The summed E-state index contributed by atoms with van der Waals surface area (Å²) in [5.74, 6) is -0.105. The van der Waals surface area contributed by atoms with Gasteiger partial charge < -0.3 is 19.6 Å². The van der Waals surface area contributed by atoms with Crippen LogP contribution in [0, 0.1) is 56.2 Å². The van der Waals surface area contributed by atoms with Gasteiger partial charge in [0.2, 0.25) is 11.8 Å². The van der Waals surface area contributed by atoms with Crippen molar-refractivity contribution in [3.63, 3.8) is 0 Å². The molecule has 4 saturated carbocycles. The molecule has 0 aromatic rings. The minimum atomic E-state index is -1.17. The van der Waals surface area contributed by atoms with Crippen LogP contribution >= 0.6 is 0 Å². The molecule has 1 aliphatic heterocycles. The zero-order valence-corrected chi connectivity index (χ0v) is 33.1. The predicted octanol–water partition coefficient (Wildman–Crippen LogP) is 7.07. The average Bonchev–Trinajstić information content (AvgIpc) is 3.35. The molecule has 5 aliphatic carbocycles. The number of piperazine rings is 1. The SMILES string of the molecule is CC(=O)N1CCN(C(=O)[C@@]23CC[C@]4(C)[C@H](CC[C@@H]5[C@@]6(C)CC[C@H](OC(=O)CC(C)(C)C(=O)O)C(C)(C)[C@@H]6CC[C@]54C)C2=C(C(C)C)C(=O)C3)CC1. The number of carbonyl (C=O) groups excluding carboxylic acids is 4. The second kappa shape index (κ2) is 12.4. The Kier molecular flexibility index (Phi) is 9.27. The van der Waals surface area contributed by atoms with E-state index in [-0.39, 0.29) is 70.0 Å². The maximum Gasteiger partial charge on any atom is 0.309 e. The number of carboxylic acid groups (broad SMARTS) is 1. The highest BCUT2D eigenvalue weighted by Crippen LogP contribution is 2.77. The molecule has 0 aromatic heterocycles. The van der Waals surface area contributed by atoms with E-state index < -0.39 is 22.8 Å². The molecule has 0 unspecified atom stereocenters. The molecule has 1 N–H and O–H groups in total. The fraction of sp³-hybridized carbons (Fsp3) is 0.833. The fourth-order valence-corrected chi connectivity index (χ4v) is 13.2. The summed E-state index contributed by atoms with van der Waals surface area (Å²) in [6, 6.07) is 0. The third-order valence-electron chi connectivity index (χ3n) is 16.2. The number of ketones is 1. The smallest absolute Gasteiger partial charge is 0.309 e. The summed E-state index contributed by atoms with van der Waals surface area (Å²) in [5.41, 5.74) is -0.155. The lowest BCUT2D eigenvalue weighted by molar-refractivity contribution is -0.233. The minimum Gasteiger partial charge on any atom is -0.481 e. The zero-order chi connectivity index (χ0) is 37.7. The Bertz CT molecular complexity index is 1540. The highest BCUT2D eigenvalue weighted by molar-refractivity contribution is 6.07. The summed E-state index contributed by atoms with van der Waals surface area (Å²) >= 11 is 0. The van der Waals surface area contributed by atoms with Gasteiger partial charge in [-0.05, 0) is 116 Å². The summed E-state index contributed by atoms with van der Waals surface area (Å²) in [7, 11) is 0. The third kappa shape index (κ3) is 5.54. The molecule has 6 aliphatic rings. The predicted molar refractivity (Wildman–Crippen MR) is 194 cm³/mol.